The van der Waals surface area contributed by atoms with E-state index in [-0.39, 0.29) is 29.2 Å². The van der Waals surface area contributed by atoms with Crippen LogP contribution in [0.3, 0.4) is 0 Å². The van der Waals surface area contributed by atoms with Crippen LogP contribution >= 0.6 is 27.9 Å². The molecule has 2 aliphatic rings. The van der Waals surface area contributed by atoms with Crippen LogP contribution in [0.15, 0.2) is 46.9 Å². The van der Waals surface area contributed by atoms with Gasteiger partial charge in [-0.3, -0.25) is 4.79 Å². The van der Waals surface area contributed by atoms with E-state index >= 15 is 0 Å². The summed E-state index contributed by atoms with van der Waals surface area (Å²) in [4.78, 5) is 15.1. The van der Waals surface area contributed by atoms with Gasteiger partial charge in [-0.15, -0.1) is 0 Å². The van der Waals surface area contributed by atoms with Crippen molar-refractivity contribution in [1.82, 2.24) is 4.90 Å². The minimum Gasteiger partial charge on any atom is -0.342 e. The van der Waals surface area contributed by atoms with E-state index < -0.39 is 11.6 Å². The number of amides is 1. The maximum atomic E-state index is 14.4. The Hall–Kier alpha value is -1.73. The first-order chi connectivity index (χ1) is 14.6. The Balaban J connectivity index is 1.49. The molecule has 0 bridgehead atoms. The Kier molecular flexibility index (Phi) is 6.88. The van der Waals surface area contributed by atoms with Gasteiger partial charge in [-0.25, -0.2) is 13.2 Å². The van der Waals surface area contributed by atoms with Gasteiger partial charge in [0.1, 0.15) is 11.6 Å². The molecule has 3 atom stereocenters. The number of nitrogens with zero attached hydrogens (tertiary/aromatic N) is 2. The molecule has 0 aromatic heterocycles. The largest absolute Gasteiger partial charge is 0.342 e. The number of carbonyl (C=O) groups is 1. The van der Waals surface area contributed by atoms with Crippen LogP contribution in [0.2, 0.25) is 0 Å². The normalized spacial score (nSPS) is 23.7. The number of likely N-dealkylation sites (tertiary alicyclic amines) is 1. The average Bonchev–Trinajstić information content (AvgIpc) is 3.55. The molecule has 0 N–H and O–H groups in total. The fourth-order valence-corrected chi connectivity index (χ4v) is 5.01. The number of benzene rings is 2. The number of hydrogen-bond donors (Lipinski definition) is 0. The van der Waals surface area contributed by atoms with Crippen LogP contribution in [0.4, 0.5) is 8.78 Å². The fraction of sp³-hybridized carbons (Fsp3) is 0.391. The van der Waals surface area contributed by atoms with Crippen molar-refractivity contribution in [2.75, 3.05) is 17.8 Å². The summed E-state index contributed by atoms with van der Waals surface area (Å²) < 4.78 is 33.9. The quantitative estimate of drug-likeness (QED) is 0.279. The Bertz CT molecular complexity index is 934. The van der Waals surface area contributed by atoms with Gasteiger partial charge in [-0.05, 0) is 60.4 Å². The molecule has 7 heteroatoms. The SMILES string of the molecule is O=C(C1CC1c1ccccc1-c1c(F)cccc1F)N1CCCC(C=NSCBr)C1. The minimum atomic E-state index is -0.578. The molecule has 3 nitrogen and oxygen atoms in total. The van der Waals surface area contributed by atoms with Gasteiger partial charge in [0, 0.05) is 31.1 Å². The van der Waals surface area contributed by atoms with Crippen LogP contribution in [-0.4, -0.2) is 34.8 Å². The Labute approximate surface area is 188 Å². The van der Waals surface area contributed by atoms with Gasteiger partial charge in [0.05, 0.1) is 10.2 Å². The average molecular weight is 493 g/mol. The third kappa shape index (κ3) is 4.62. The molecule has 30 heavy (non-hydrogen) atoms. The molecule has 1 amide bonds. The number of carbonyl (C=O) groups excluding carboxylic acids is 1. The zero-order valence-corrected chi connectivity index (χ0v) is 18.8. The maximum Gasteiger partial charge on any atom is 0.226 e. The highest BCUT2D eigenvalue weighted by atomic mass is 79.9. The summed E-state index contributed by atoms with van der Waals surface area (Å²) in [6, 6.07) is 11.2. The lowest BCUT2D eigenvalue weighted by atomic mass is 9.94. The summed E-state index contributed by atoms with van der Waals surface area (Å²) in [6.45, 7) is 1.46. The summed E-state index contributed by atoms with van der Waals surface area (Å²) in [5.74, 6) is -0.837. The lowest BCUT2D eigenvalue weighted by Crippen LogP contribution is -2.41. The van der Waals surface area contributed by atoms with E-state index in [1.54, 1.807) is 12.1 Å². The smallest absolute Gasteiger partial charge is 0.226 e. The minimum absolute atomic E-state index is 0.00528. The molecule has 2 aromatic rings. The molecule has 2 aromatic carbocycles. The second-order valence-corrected chi connectivity index (χ2v) is 9.87. The van der Waals surface area contributed by atoms with E-state index in [0.29, 0.717) is 12.1 Å². The third-order valence-corrected chi connectivity index (χ3v) is 6.85. The van der Waals surface area contributed by atoms with E-state index in [1.165, 1.54) is 30.1 Å². The molecule has 3 unspecified atom stereocenters. The molecule has 0 spiro atoms. The lowest BCUT2D eigenvalue weighted by molar-refractivity contribution is -0.134. The molecule has 2 fully saturated rings. The molecule has 158 valence electrons. The topological polar surface area (TPSA) is 32.7 Å². The van der Waals surface area contributed by atoms with Gasteiger partial charge in [-0.2, -0.15) is 0 Å². The number of rotatable bonds is 6. The van der Waals surface area contributed by atoms with Gasteiger partial charge in [0.15, 0.2) is 0 Å². The van der Waals surface area contributed by atoms with Crippen molar-refractivity contribution in [2.24, 2.45) is 16.2 Å². The zero-order valence-electron chi connectivity index (χ0n) is 16.4. The van der Waals surface area contributed by atoms with Crippen molar-refractivity contribution >= 4 is 40.0 Å². The lowest BCUT2D eigenvalue weighted by Gasteiger charge is -2.31. The first-order valence-electron chi connectivity index (χ1n) is 10.1. The van der Waals surface area contributed by atoms with Gasteiger partial charge in [0.25, 0.3) is 0 Å². The van der Waals surface area contributed by atoms with E-state index in [1.807, 2.05) is 23.2 Å². The van der Waals surface area contributed by atoms with Gasteiger partial charge < -0.3 is 4.90 Å². The van der Waals surface area contributed by atoms with Crippen molar-refractivity contribution in [3.63, 3.8) is 0 Å². The first-order valence-corrected chi connectivity index (χ1v) is 12.2. The zero-order chi connectivity index (χ0) is 21.1. The number of halogens is 3. The van der Waals surface area contributed by atoms with E-state index in [0.717, 1.165) is 36.0 Å². The molecule has 1 aliphatic carbocycles. The summed E-state index contributed by atoms with van der Waals surface area (Å²) in [7, 11) is 0. The van der Waals surface area contributed by atoms with Crippen LogP contribution in [0.5, 0.6) is 0 Å². The molecule has 1 saturated carbocycles. The van der Waals surface area contributed by atoms with E-state index in [9.17, 15) is 13.6 Å². The Morgan fingerprint density at radius 1 is 1.20 bits per heavy atom. The van der Waals surface area contributed by atoms with Crippen LogP contribution in [-0.2, 0) is 4.79 Å². The van der Waals surface area contributed by atoms with Gasteiger partial charge >= 0.3 is 0 Å². The van der Waals surface area contributed by atoms with Crippen LogP contribution in [0.1, 0.15) is 30.7 Å². The van der Waals surface area contributed by atoms with Crippen LogP contribution in [0.25, 0.3) is 11.1 Å². The van der Waals surface area contributed by atoms with Crippen molar-refractivity contribution < 1.29 is 13.6 Å². The highest BCUT2D eigenvalue weighted by Gasteiger charge is 2.47. The molecule has 1 aliphatic heterocycles. The summed E-state index contributed by atoms with van der Waals surface area (Å²) in [5.41, 5.74) is 1.39. The highest BCUT2D eigenvalue weighted by Crippen LogP contribution is 2.51. The van der Waals surface area contributed by atoms with Crippen molar-refractivity contribution in [3.8, 4) is 11.1 Å². The molecule has 1 saturated heterocycles. The number of alkyl halides is 1. The van der Waals surface area contributed by atoms with Gasteiger partial charge in [0.2, 0.25) is 5.91 Å². The van der Waals surface area contributed by atoms with E-state index in [4.69, 9.17) is 0 Å². The molecule has 1 heterocycles. The van der Waals surface area contributed by atoms with Crippen molar-refractivity contribution in [2.45, 2.75) is 25.2 Å². The highest BCUT2D eigenvalue weighted by molar-refractivity contribution is 9.11. The predicted octanol–water partition coefficient (Wildman–Crippen LogP) is 6.05. The Morgan fingerprint density at radius 2 is 1.97 bits per heavy atom. The number of hydrogen-bond acceptors (Lipinski definition) is 3. The fourth-order valence-electron chi connectivity index (χ4n) is 4.34. The number of piperidine rings is 1. The molecule has 0 radical (unpaired) electrons. The second kappa shape index (κ2) is 9.60. The molecule has 4 rings (SSSR count). The van der Waals surface area contributed by atoms with Gasteiger partial charge in [-0.1, -0.05) is 46.3 Å². The molecular weight excluding hydrogens is 470 g/mol. The molecular formula is C23H23BrF2N2OS. The van der Waals surface area contributed by atoms with E-state index in [2.05, 4.69) is 20.3 Å². The monoisotopic (exact) mass is 492 g/mol. The maximum absolute atomic E-state index is 14.4. The standard InChI is InChI=1S/C23H23BrF2N2OS/c24-14-30-27-12-15-5-4-10-28(13-15)23(29)19-11-18(19)16-6-1-2-7-17(16)22-20(25)8-3-9-21(22)26/h1-3,6-9,12,15,18-19H,4-5,10-11,13-14H2. The third-order valence-electron chi connectivity index (χ3n) is 5.86. The van der Waals surface area contributed by atoms with Crippen LogP contribution < -0.4 is 0 Å². The van der Waals surface area contributed by atoms with Crippen LogP contribution in [0, 0.1) is 23.5 Å². The second-order valence-electron chi connectivity index (χ2n) is 7.81. The van der Waals surface area contributed by atoms with Crippen molar-refractivity contribution in [1.29, 1.82) is 0 Å². The van der Waals surface area contributed by atoms with Crippen molar-refractivity contribution in [3.05, 3.63) is 59.7 Å². The summed E-state index contributed by atoms with van der Waals surface area (Å²) >= 11 is 4.79. The first kappa shape index (κ1) is 21.5. The Morgan fingerprint density at radius 3 is 2.73 bits per heavy atom. The summed E-state index contributed by atoms with van der Waals surface area (Å²) in [5, 5.41) is 0. The predicted molar refractivity (Wildman–Crippen MR) is 122 cm³/mol. The summed E-state index contributed by atoms with van der Waals surface area (Å²) in [6.07, 6.45) is 4.68.